The van der Waals surface area contributed by atoms with Crippen LogP contribution in [0.2, 0.25) is 0 Å². The van der Waals surface area contributed by atoms with Gasteiger partial charge in [0.25, 0.3) is 12.3 Å². The number of allylic oxidation sites excluding steroid dienone is 2. The zero-order valence-electron chi connectivity index (χ0n) is 23.0. The fraction of sp³-hybridized carbons (Fsp3) is 0.267. The fourth-order valence-corrected chi connectivity index (χ4v) is 4.89. The van der Waals surface area contributed by atoms with Crippen LogP contribution in [0.4, 0.5) is 30.7 Å². The predicted octanol–water partition coefficient (Wildman–Crippen LogP) is 4.63. The molecule has 1 aliphatic carbocycles. The van der Waals surface area contributed by atoms with E-state index in [1.165, 1.54) is 18.3 Å². The number of benzene rings is 2. The molecule has 0 aliphatic heterocycles. The number of pyridine rings is 1. The second-order valence-electron chi connectivity index (χ2n) is 10.2. The topological polar surface area (TPSA) is 132 Å². The van der Waals surface area contributed by atoms with Gasteiger partial charge in [-0.25, -0.2) is 22.0 Å². The summed E-state index contributed by atoms with van der Waals surface area (Å²) in [7, 11) is 0. The van der Waals surface area contributed by atoms with Gasteiger partial charge in [0.15, 0.2) is 12.2 Å². The summed E-state index contributed by atoms with van der Waals surface area (Å²) in [6.45, 7) is -0.687. The Morgan fingerprint density at radius 2 is 1.68 bits per heavy atom. The van der Waals surface area contributed by atoms with Crippen molar-refractivity contribution in [3.63, 3.8) is 0 Å². The third kappa shape index (κ3) is 7.86. The number of nitrogen functional groups attached to an aromatic ring is 1. The summed E-state index contributed by atoms with van der Waals surface area (Å²) in [6, 6.07) is 8.51. The summed E-state index contributed by atoms with van der Waals surface area (Å²) < 4.78 is 96.8. The zero-order valence-corrected chi connectivity index (χ0v) is 23.0. The number of hydrogen-bond donors (Lipinski definition) is 5. The number of aromatic nitrogens is 1. The second-order valence-corrected chi connectivity index (χ2v) is 10.2. The molecule has 1 amide bonds. The quantitative estimate of drug-likeness (QED) is 0.108. The van der Waals surface area contributed by atoms with Gasteiger partial charge in [-0.05, 0) is 66.6 Å². The standard InChI is InChI=1S/C30H27F7N6O/c31-17-8-14(9-18(32)12-17)10-22(26-19(2-1-7-41-26)16-5-6-21(33)20(11-16)30(39)40)43-23(44)13-42-27(29(36)37)24(15-3-4-15)25(38)28(34)35/h1-2,5-9,11-12,15,22,28-29,38,42H,3-4,10,13H2,(H3,39,40)(H,43,44)/p+1. The number of nitrogens with two attached hydrogens (primary N) is 2. The molecule has 1 aromatic heterocycles. The Hall–Kier alpha value is -4.59. The Balaban J connectivity index is 1.69. The highest BCUT2D eigenvalue weighted by Gasteiger charge is 2.39. The largest absolute Gasteiger partial charge is 0.384 e. The van der Waals surface area contributed by atoms with Crippen molar-refractivity contribution < 1.29 is 40.8 Å². The first kappa shape index (κ1) is 32.3. The number of alkyl halides is 4. The molecule has 1 aliphatic rings. The van der Waals surface area contributed by atoms with E-state index >= 15 is 0 Å². The van der Waals surface area contributed by atoms with Crippen molar-refractivity contribution in [2.45, 2.75) is 38.2 Å². The average Bonchev–Trinajstić information content (AvgIpc) is 3.79. The SMILES string of the molecule is N=C(N)c1cc(-c2cccnc2C(Cc2cc(F)cc(F)c2)NC(=O)C[NH2+]C(=C(C(=N)C(F)F)C2CC2)C(F)F)ccc1F. The van der Waals surface area contributed by atoms with Crippen LogP contribution in [0, 0.1) is 34.2 Å². The highest BCUT2D eigenvalue weighted by molar-refractivity contribution is 6.01. The van der Waals surface area contributed by atoms with Crippen LogP contribution >= 0.6 is 0 Å². The van der Waals surface area contributed by atoms with Crippen LogP contribution in [0.15, 0.2) is 66.0 Å². The first-order chi connectivity index (χ1) is 20.8. The highest BCUT2D eigenvalue weighted by Crippen LogP contribution is 2.39. The summed E-state index contributed by atoms with van der Waals surface area (Å²) in [5.41, 5.74) is 3.75. The third-order valence-corrected chi connectivity index (χ3v) is 6.98. The first-order valence-corrected chi connectivity index (χ1v) is 13.4. The van der Waals surface area contributed by atoms with E-state index in [1.807, 2.05) is 0 Å². The maximum absolute atomic E-state index is 14.3. The van der Waals surface area contributed by atoms with Crippen LogP contribution in [-0.2, 0) is 11.2 Å². The van der Waals surface area contributed by atoms with Crippen LogP contribution < -0.4 is 16.4 Å². The lowest BCUT2D eigenvalue weighted by molar-refractivity contribution is -0.604. The normalized spacial score (nSPS) is 14.4. The van der Waals surface area contributed by atoms with Crippen LogP contribution in [0.25, 0.3) is 11.1 Å². The average molecular weight is 622 g/mol. The molecule has 0 saturated heterocycles. The van der Waals surface area contributed by atoms with E-state index in [1.54, 1.807) is 12.1 Å². The van der Waals surface area contributed by atoms with Gasteiger partial charge in [-0.3, -0.25) is 20.6 Å². The lowest BCUT2D eigenvalue weighted by Gasteiger charge is -2.22. The lowest BCUT2D eigenvalue weighted by atomic mass is 9.94. The Labute approximate surface area is 247 Å². The van der Waals surface area contributed by atoms with Crippen molar-refractivity contribution in [1.82, 2.24) is 10.3 Å². The number of hydrogen-bond acceptors (Lipinski definition) is 4. The Bertz CT molecular complexity index is 1590. The molecule has 14 heteroatoms. The van der Waals surface area contributed by atoms with Crippen molar-refractivity contribution in [1.29, 1.82) is 10.8 Å². The van der Waals surface area contributed by atoms with Crippen LogP contribution in [0.3, 0.4) is 0 Å². The third-order valence-electron chi connectivity index (χ3n) is 6.98. The van der Waals surface area contributed by atoms with Gasteiger partial charge in [0.05, 0.1) is 17.3 Å². The Kier molecular flexibility index (Phi) is 10.1. The van der Waals surface area contributed by atoms with Crippen LogP contribution in [-0.4, -0.2) is 41.8 Å². The number of quaternary nitrogens is 1. The molecule has 1 atom stereocenters. The summed E-state index contributed by atoms with van der Waals surface area (Å²) in [5, 5.41) is 18.7. The van der Waals surface area contributed by atoms with E-state index < -0.39 is 77.5 Å². The monoisotopic (exact) mass is 621 g/mol. The van der Waals surface area contributed by atoms with Gasteiger partial charge < -0.3 is 16.4 Å². The number of nitrogens with zero attached hydrogens (tertiary/aromatic N) is 1. The van der Waals surface area contributed by atoms with Gasteiger partial charge in [0.1, 0.15) is 29.0 Å². The molecule has 1 heterocycles. The summed E-state index contributed by atoms with van der Waals surface area (Å²) >= 11 is 0. The first-order valence-electron chi connectivity index (χ1n) is 13.4. The van der Waals surface area contributed by atoms with E-state index in [0.717, 1.165) is 23.5 Å². The van der Waals surface area contributed by atoms with Crippen molar-refractivity contribution in [2.75, 3.05) is 6.54 Å². The van der Waals surface area contributed by atoms with Crippen molar-refractivity contribution >= 4 is 17.5 Å². The molecule has 44 heavy (non-hydrogen) atoms. The van der Waals surface area contributed by atoms with E-state index in [-0.39, 0.29) is 23.2 Å². The number of carbonyl (C=O) groups excluding carboxylic acids is 1. The van der Waals surface area contributed by atoms with Gasteiger partial charge in [-0.1, -0.05) is 12.1 Å². The molecule has 1 unspecified atom stereocenters. The number of carbonyl (C=O) groups is 1. The molecule has 0 spiro atoms. The minimum atomic E-state index is -3.27. The lowest BCUT2D eigenvalue weighted by Crippen LogP contribution is -2.86. The minimum absolute atomic E-state index is 0.117. The van der Waals surface area contributed by atoms with Crippen molar-refractivity contribution in [2.24, 2.45) is 11.7 Å². The molecule has 7 N–H and O–H groups in total. The molecule has 0 bridgehead atoms. The summed E-state index contributed by atoms with van der Waals surface area (Å²) in [5.74, 6) is -4.53. The smallest absolute Gasteiger partial charge is 0.311 e. The Morgan fingerprint density at radius 1 is 1.00 bits per heavy atom. The number of rotatable bonds is 13. The predicted molar refractivity (Wildman–Crippen MR) is 148 cm³/mol. The second kappa shape index (κ2) is 13.8. The number of amides is 1. The van der Waals surface area contributed by atoms with Crippen molar-refractivity contribution in [3.05, 3.63) is 100 Å². The van der Waals surface area contributed by atoms with E-state index in [2.05, 4.69) is 10.3 Å². The van der Waals surface area contributed by atoms with Gasteiger partial charge in [-0.2, -0.15) is 8.78 Å². The van der Waals surface area contributed by atoms with E-state index in [4.69, 9.17) is 16.6 Å². The fourth-order valence-electron chi connectivity index (χ4n) is 4.89. The van der Waals surface area contributed by atoms with Gasteiger partial charge in [0, 0.05) is 23.4 Å². The number of halogens is 7. The molecule has 3 aromatic rings. The zero-order chi connectivity index (χ0) is 32.1. The molecule has 0 radical (unpaired) electrons. The van der Waals surface area contributed by atoms with Crippen LogP contribution in [0.1, 0.15) is 35.7 Å². The summed E-state index contributed by atoms with van der Waals surface area (Å²) in [6.07, 6.45) is -4.60. The van der Waals surface area contributed by atoms with Crippen molar-refractivity contribution in [3.8, 4) is 11.1 Å². The maximum atomic E-state index is 14.3. The van der Waals surface area contributed by atoms with Gasteiger partial charge in [-0.15, -0.1) is 0 Å². The number of amidine groups is 1. The molecule has 4 rings (SSSR count). The Morgan fingerprint density at radius 3 is 2.27 bits per heavy atom. The minimum Gasteiger partial charge on any atom is -0.384 e. The molecule has 1 saturated carbocycles. The molecular weight excluding hydrogens is 593 g/mol. The van der Waals surface area contributed by atoms with E-state index in [9.17, 15) is 35.5 Å². The van der Waals surface area contributed by atoms with Gasteiger partial charge >= 0.3 is 6.43 Å². The molecular formula is C30H28F7N6O+. The van der Waals surface area contributed by atoms with E-state index in [0.29, 0.717) is 30.0 Å². The molecule has 232 valence electrons. The molecule has 7 nitrogen and oxygen atoms in total. The molecule has 1 fully saturated rings. The van der Waals surface area contributed by atoms with Gasteiger partial charge in [0.2, 0.25) is 0 Å². The summed E-state index contributed by atoms with van der Waals surface area (Å²) in [4.78, 5) is 17.5. The maximum Gasteiger partial charge on any atom is 0.311 e. The highest BCUT2D eigenvalue weighted by atomic mass is 19.3. The number of nitrogens with one attached hydrogen (secondary N) is 3. The van der Waals surface area contributed by atoms with Crippen LogP contribution in [0.5, 0.6) is 0 Å². The molecule has 2 aromatic carbocycles.